The summed E-state index contributed by atoms with van der Waals surface area (Å²) in [5.41, 5.74) is 8.05. The molecule has 0 aliphatic heterocycles. The van der Waals surface area contributed by atoms with Crippen LogP contribution in [0.3, 0.4) is 0 Å². The molecule has 0 radical (unpaired) electrons. The maximum atomic E-state index is 12.7. The molecule has 3 aromatic rings. The molecule has 0 saturated heterocycles. The standard InChI is InChI=1S/C30H38N2O2/c1-20-16-25-26(30(4,5)15-14-29(25,2)3)18-22(20)17-24-12-13-27(34-24)28(33)31-19-21-8-10-23(11-9-21)32(6)7/h8-13,16,18H,14-15,17,19H2,1-7H3,(H,31,33). The Hall–Kier alpha value is -3.01. The number of furan rings is 1. The quantitative estimate of drug-likeness (QED) is 0.457. The van der Waals surface area contributed by atoms with Gasteiger partial charge in [-0.1, -0.05) is 52.0 Å². The molecule has 1 aliphatic carbocycles. The fourth-order valence-electron chi connectivity index (χ4n) is 4.92. The van der Waals surface area contributed by atoms with Crippen LogP contribution in [0.15, 0.2) is 52.9 Å². The van der Waals surface area contributed by atoms with Crippen molar-refractivity contribution in [3.63, 3.8) is 0 Å². The maximum Gasteiger partial charge on any atom is 0.287 e. The molecule has 1 amide bonds. The Labute approximate surface area is 204 Å². The average Bonchev–Trinajstić information content (AvgIpc) is 3.25. The molecule has 1 aliphatic rings. The van der Waals surface area contributed by atoms with E-state index in [0.717, 1.165) is 17.0 Å². The summed E-state index contributed by atoms with van der Waals surface area (Å²) in [4.78, 5) is 14.7. The number of benzene rings is 2. The third-order valence-corrected chi connectivity index (χ3v) is 7.47. The van der Waals surface area contributed by atoms with Crippen LogP contribution in [0.2, 0.25) is 0 Å². The molecular weight excluding hydrogens is 420 g/mol. The minimum Gasteiger partial charge on any atom is -0.456 e. The average molecular weight is 459 g/mol. The van der Waals surface area contributed by atoms with E-state index in [2.05, 4.69) is 69.1 Å². The maximum absolute atomic E-state index is 12.7. The monoisotopic (exact) mass is 458 g/mol. The normalized spacial score (nSPS) is 16.1. The van der Waals surface area contributed by atoms with Gasteiger partial charge in [-0.2, -0.15) is 0 Å². The molecule has 34 heavy (non-hydrogen) atoms. The number of carbonyl (C=O) groups excluding carboxylic acids is 1. The first-order valence-corrected chi connectivity index (χ1v) is 12.2. The van der Waals surface area contributed by atoms with Crippen molar-refractivity contribution in [2.75, 3.05) is 19.0 Å². The highest BCUT2D eigenvalue weighted by atomic mass is 16.3. The van der Waals surface area contributed by atoms with Crippen molar-refractivity contribution >= 4 is 11.6 Å². The van der Waals surface area contributed by atoms with Gasteiger partial charge in [0.15, 0.2) is 5.76 Å². The molecule has 0 bridgehead atoms. The summed E-state index contributed by atoms with van der Waals surface area (Å²) >= 11 is 0. The van der Waals surface area contributed by atoms with E-state index in [-0.39, 0.29) is 16.7 Å². The molecule has 180 valence electrons. The van der Waals surface area contributed by atoms with E-state index in [9.17, 15) is 4.79 Å². The second-order valence-corrected chi connectivity index (χ2v) is 11.3. The Balaban J connectivity index is 1.46. The number of aryl methyl sites for hydroxylation is 1. The second-order valence-electron chi connectivity index (χ2n) is 11.3. The lowest BCUT2D eigenvalue weighted by atomic mass is 9.62. The Morgan fingerprint density at radius 3 is 2.18 bits per heavy atom. The highest BCUT2D eigenvalue weighted by Gasteiger charge is 2.37. The topological polar surface area (TPSA) is 45.5 Å². The number of carbonyl (C=O) groups is 1. The molecule has 4 heteroatoms. The lowest BCUT2D eigenvalue weighted by Crippen LogP contribution is -2.34. The van der Waals surface area contributed by atoms with Crippen LogP contribution in [0.1, 0.15) is 84.7 Å². The van der Waals surface area contributed by atoms with Crippen molar-refractivity contribution in [1.29, 1.82) is 0 Å². The van der Waals surface area contributed by atoms with Crippen LogP contribution in [-0.4, -0.2) is 20.0 Å². The largest absolute Gasteiger partial charge is 0.456 e. The highest BCUT2D eigenvalue weighted by Crippen LogP contribution is 2.46. The first kappa shape index (κ1) is 24.1. The smallest absolute Gasteiger partial charge is 0.287 e. The zero-order chi connectivity index (χ0) is 24.7. The van der Waals surface area contributed by atoms with Crippen molar-refractivity contribution in [2.45, 2.75) is 71.3 Å². The van der Waals surface area contributed by atoms with Crippen LogP contribution in [0.25, 0.3) is 0 Å². The molecule has 1 aromatic heterocycles. The van der Waals surface area contributed by atoms with Crippen LogP contribution < -0.4 is 10.2 Å². The van der Waals surface area contributed by atoms with Crippen LogP contribution in [0, 0.1) is 6.92 Å². The molecular formula is C30H38N2O2. The van der Waals surface area contributed by atoms with Crippen molar-refractivity contribution in [3.05, 3.63) is 87.9 Å². The predicted molar refractivity (Wildman–Crippen MR) is 140 cm³/mol. The SMILES string of the molecule is Cc1cc2c(cc1Cc1ccc(C(=O)NCc3ccc(N(C)C)cc3)o1)C(C)(C)CCC2(C)C. The number of amides is 1. The molecule has 0 unspecified atom stereocenters. The third kappa shape index (κ3) is 4.91. The molecule has 2 aromatic carbocycles. The number of fused-ring (bicyclic) bond motifs is 1. The molecule has 0 fully saturated rings. The van der Waals surface area contributed by atoms with E-state index in [1.807, 2.05) is 32.3 Å². The molecule has 0 saturated carbocycles. The van der Waals surface area contributed by atoms with Crippen molar-refractivity contribution < 1.29 is 9.21 Å². The van der Waals surface area contributed by atoms with E-state index in [4.69, 9.17) is 4.42 Å². The number of nitrogens with one attached hydrogen (secondary N) is 1. The number of hydrogen-bond donors (Lipinski definition) is 1. The molecule has 0 atom stereocenters. The molecule has 1 N–H and O–H groups in total. The van der Waals surface area contributed by atoms with E-state index in [1.165, 1.54) is 35.1 Å². The zero-order valence-electron chi connectivity index (χ0n) is 21.7. The van der Waals surface area contributed by atoms with Gasteiger partial charge < -0.3 is 14.6 Å². The summed E-state index contributed by atoms with van der Waals surface area (Å²) in [6, 6.07) is 16.6. The third-order valence-electron chi connectivity index (χ3n) is 7.47. The van der Waals surface area contributed by atoms with E-state index in [1.54, 1.807) is 6.07 Å². The highest BCUT2D eigenvalue weighted by molar-refractivity contribution is 5.91. The second kappa shape index (κ2) is 8.98. The van der Waals surface area contributed by atoms with Gasteiger partial charge in [-0.15, -0.1) is 0 Å². The van der Waals surface area contributed by atoms with Gasteiger partial charge >= 0.3 is 0 Å². The number of rotatable bonds is 6. The molecule has 1 heterocycles. The number of hydrogen-bond acceptors (Lipinski definition) is 3. The molecule has 4 nitrogen and oxygen atoms in total. The van der Waals surface area contributed by atoms with Crippen molar-refractivity contribution in [2.24, 2.45) is 0 Å². The summed E-state index contributed by atoms with van der Waals surface area (Å²) < 4.78 is 5.96. The summed E-state index contributed by atoms with van der Waals surface area (Å²) in [5, 5.41) is 2.97. The summed E-state index contributed by atoms with van der Waals surface area (Å²) in [6.45, 7) is 12.1. The predicted octanol–water partition coefficient (Wildman–Crippen LogP) is 6.52. The van der Waals surface area contributed by atoms with Gasteiger partial charge in [0.2, 0.25) is 0 Å². The van der Waals surface area contributed by atoms with E-state index in [0.29, 0.717) is 18.7 Å². The van der Waals surface area contributed by atoms with Crippen LogP contribution in [0.5, 0.6) is 0 Å². The van der Waals surface area contributed by atoms with Gasteiger partial charge in [-0.3, -0.25) is 4.79 Å². The van der Waals surface area contributed by atoms with Gasteiger partial charge in [0.05, 0.1) is 0 Å². The van der Waals surface area contributed by atoms with Gasteiger partial charge in [0, 0.05) is 32.7 Å². The lowest BCUT2D eigenvalue weighted by Gasteiger charge is -2.42. The minimum atomic E-state index is -0.187. The Morgan fingerprint density at radius 1 is 0.941 bits per heavy atom. The number of anilines is 1. The van der Waals surface area contributed by atoms with Crippen molar-refractivity contribution in [1.82, 2.24) is 5.32 Å². The Bertz CT molecular complexity index is 1180. The van der Waals surface area contributed by atoms with Gasteiger partial charge in [0.25, 0.3) is 5.91 Å². The fraction of sp³-hybridized carbons (Fsp3) is 0.433. The van der Waals surface area contributed by atoms with Gasteiger partial charge in [-0.05, 0) is 82.7 Å². The van der Waals surface area contributed by atoms with Crippen LogP contribution >= 0.6 is 0 Å². The summed E-state index contributed by atoms with van der Waals surface area (Å²) in [7, 11) is 4.02. The number of nitrogens with zero attached hydrogens (tertiary/aromatic N) is 1. The van der Waals surface area contributed by atoms with Crippen molar-refractivity contribution in [3.8, 4) is 0 Å². The molecule has 4 rings (SSSR count). The first-order valence-electron chi connectivity index (χ1n) is 12.2. The Kier molecular flexibility index (Phi) is 6.37. The van der Waals surface area contributed by atoms with E-state index < -0.39 is 0 Å². The zero-order valence-corrected chi connectivity index (χ0v) is 21.7. The van der Waals surface area contributed by atoms with Crippen LogP contribution in [-0.2, 0) is 23.8 Å². The Morgan fingerprint density at radius 2 is 1.56 bits per heavy atom. The van der Waals surface area contributed by atoms with Crippen LogP contribution in [0.4, 0.5) is 5.69 Å². The van der Waals surface area contributed by atoms with Gasteiger partial charge in [0.1, 0.15) is 5.76 Å². The first-order chi connectivity index (χ1) is 16.0. The van der Waals surface area contributed by atoms with Gasteiger partial charge in [-0.25, -0.2) is 0 Å². The summed E-state index contributed by atoms with van der Waals surface area (Å²) in [6.07, 6.45) is 3.09. The minimum absolute atomic E-state index is 0.173. The lowest BCUT2D eigenvalue weighted by molar-refractivity contribution is 0.0921. The fourth-order valence-corrected chi connectivity index (χ4v) is 4.92. The molecule has 0 spiro atoms. The van der Waals surface area contributed by atoms with E-state index >= 15 is 0 Å². The summed E-state index contributed by atoms with van der Waals surface area (Å²) in [5.74, 6) is 0.987.